The van der Waals surface area contributed by atoms with Crippen LogP contribution in [0.15, 0.2) is 0 Å². The Morgan fingerprint density at radius 3 is 2.61 bits per heavy atom. The molecule has 0 aromatic heterocycles. The Bertz CT molecular complexity index is 280. The van der Waals surface area contributed by atoms with Gasteiger partial charge in [-0.15, -0.1) is 0 Å². The molecule has 0 radical (unpaired) electrons. The van der Waals surface area contributed by atoms with Crippen molar-refractivity contribution in [2.24, 2.45) is 17.3 Å². The summed E-state index contributed by atoms with van der Waals surface area (Å²) in [6, 6.07) is 0. The highest BCUT2D eigenvalue weighted by atomic mass is 16.5. The van der Waals surface area contributed by atoms with E-state index in [9.17, 15) is 5.11 Å². The van der Waals surface area contributed by atoms with Gasteiger partial charge in [0, 0.05) is 20.2 Å². The van der Waals surface area contributed by atoms with Gasteiger partial charge in [-0.3, -0.25) is 0 Å². The van der Waals surface area contributed by atoms with Crippen LogP contribution in [-0.2, 0) is 4.74 Å². The molecule has 4 atom stereocenters. The van der Waals surface area contributed by atoms with E-state index in [0.29, 0.717) is 17.9 Å². The molecule has 0 bridgehead atoms. The summed E-state index contributed by atoms with van der Waals surface area (Å²) in [6.45, 7) is 9.88. The van der Waals surface area contributed by atoms with Gasteiger partial charge in [0.1, 0.15) is 0 Å². The van der Waals surface area contributed by atoms with Crippen LogP contribution in [0.4, 0.5) is 0 Å². The second-order valence-electron chi connectivity index (χ2n) is 7.03. The van der Waals surface area contributed by atoms with Crippen molar-refractivity contribution in [1.82, 2.24) is 4.90 Å². The first-order valence-corrected chi connectivity index (χ1v) is 7.37. The largest absolute Gasteiger partial charge is 0.392 e. The van der Waals surface area contributed by atoms with Crippen molar-refractivity contribution in [3.63, 3.8) is 0 Å². The summed E-state index contributed by atoms with van der Waals surface area (Å²) in [6.07, 6.45) is 3.75. The highest BCUT2D eigenvalue weighted by Crippen LogP contribution is 2.41. The molecule has 2 rings (SSSR count). The molecule has 2 fully saturated rings. The Morgan fingerprint density at radius 2 is 2.06 bits per heavy atom. The van der Waals surface area contributed by atoms with E-state index < -0.39 is 0 Å². The van der Waals surface area contributed by atoms with Crippen molar-refractivity contribution < 1.29 is 9.84 Å². The van der Waals surface area contributed by atoms with Crippen molar-refractivity contribution in [1.29, 1.82) is 0 Å². The molecule has 1 saturated carbocycles. The molecule has 18 heavy (non-hydrogen) atoms. The molecule has 1 aliphatic carbocycles. The van der Waals surface area contributed by atoms with Gasteiger partial charge in [0.15, 0.2) is 0 Å². The van der Waals surface area contributed by atoms with Gasteiger partial charge in [0.2, 0.25) is 0 Å². The van der Waals surface area contributed by atoms with Gasteiger partial charge in [-0.2, -0.15) is 0 Å². The Morgan fingerprint density at radius 1 is 1.33 bits per heavy atom. The van der Waals surface area contributed by atoms with E-state index in [-0.39, 0.29) is 11.5 Å². The number of nitrogens with zero attached hydrogens (tertiary/aromatic N) is 1. The van der Waals surface area contributed by atoms with E-state index >= 15 is 0 Å². The van der Waals surface area contributed by atoms with Crippen LogP contribution < -0.4 is 0 Å². The molecule has 106 valence electrons. The summed E-state index contributed by atoms with van der Waals surface area (Å²) >= 11 is 0. The zero-order chi connectivity index (χ0) is 13.3. The summed E-state index contributed by atoms with van der Waals surface area (Å²) in [5.41, 5.74) is 0.106. The lowest BCUT2D eigenvalue weighted by Crippen LogP contribution is -2.47. The van der Waals surface area contributed by atoms with Crippen molar-refractivity contribution in [3.05, 3.63) is 0 Å². The lowest BCUT2D eigenvalue weighted by Gasteiger charge is -2.38. The standard InChI is InChI=1S/C15H29NO2/c1-11-6-8-16(10-13(11)18-4)9-12-5-7-15(2,3)14(12)17/h11-14,17H,5-10H2,1-4H3. The van der Waals surface area contributed by atoms with Crippen LogP contribution in [-0.4, -0.2) is 49.0 Å². The summed E-state index contributed by atoms with van der Waals surface area (Å²) in [4.78, 5) is 2.49. The third-order valence-corrected chi connectivity index (χ3v) is 5.18. The fraction of sp³-hybridized carbons (Fsp3) is 1.00. The molecule has 0 aromatic rings. The average molecular weight is 255 g/mol. The van der Waals surface area contributed by atoms with E-state index in [4.69, 9.17) is 4.74 Å². The molecule has 3 heteroatoms. The first-order valence-electron chi connectivity index (χ1n) is 7.37. The Hall–Kier alpha value is -0.120. The maximum absolute atomic E-state index is 10.4. The Kier molecular flexibility index (Phi) is 4.35. The quantitative estimate of drug-likeness (QED) is 0.838. The minimum Gasteiger partial charge on any atom is -0.392 e. The van der Waals surface area contributed by atoms with E-state index in [1.54, 1.807) is 0 Å². The summed E-state index contributed by atoms with van der Waals surface area (Å²) < 4.78 is 5.56. The highest BCUT2D eigenvalue weighted by Gasteiger charge is 2.41. The van der Waals surface area contributed by atoms with Gasteiger partial charge < -0.3 is 14.7 Å². The van der Waals surface area contributed by atoms with E-state index in [1.807, 2.05) is 7.11 Å². The zero-order valence-corrected chi connectivity index (χ0v) is 12.4. The number of aliphatic hydroxyl groups is 1. The van der Waals surface area contributed by atoms with Gasteiger partial charge in [-0.1, -0.05) is 20.8 Å². The molecular weight excluding hydrogens is 226 g/mol. The van der Waals surface area contributed by atoms with Crippen molar-refractivity contribution >= 4 is 0 Å². The predicted octanol–water partition coefficient (Wildman–Crippen LogP) is 2.14. The number of methoxy groups -OCH3 is 1. The minimum atomic E-state index is -0.141. The van der Waals surface area contributed by atoms with Gasteiger partial charge in [-0.05, 0) is 43.1 Å². The topological polar surface area (TPSA) is 32.7 Å². The molecule has 3 nitrogen and oxygen atoms in total. The van der Waals surface area contributed by atoms with Crippen LogP contribution in [0.1, 0.15) is 40.0 Å². The number of piperidine rings is 1. The first-order chi connectivity index (χ1) is 8.44. The number of ether oxygens (including phenoxy) is 1. The lowest BCUT2D eigenvalue weighted by molar-refractivity contribution is -0.0223. The Labute approximate surface area is 112 Å². The molecule has 2 aliphatic rings. The van der Waals surface area contributed by atoms with Crippen LogP contribution in [0, 0.1) is 17.3 Å². The molecule has 0 amide bonds. The maximum atomic E-state index is 10.4. The summed E-state index contributed by atoms with van der Waals surface area (Å²) in [5, 5.41) is 10.4. The number of hydrogen-bond donors (Lipinski definition) is 1. The third kappa shape index (κ3) is 2.89. The van der Waals surface area contributed by atoms with Crippen LogP contribution in [0.3, 0.4) is 0 Å². The molecule has 1 N–H and O–H groups in total. The van der Waals surface area contributed by atoms with Crippen LogP contribution in [0.2, 0.25) is 0 Å². The van der Waals surface area contributed by atoms with E-state index in [2.05, 4.69) is 25.7 Å². The molecule has 0 spiro atoms. The smallest absolute Gasteiger partial charge is 0.0724 e. The fourth-order valence-corrected chi connectivity index (χ4v) is 3.59. The van der Waals surface area contributed by atoms with Crippen LogP contribution in [0.25, 0.3) is 0 Å². The number of hydrogen-bond acceptors (Lipinski definition) is 3. The van der Waals surface area contributed by atoms with E-state index in [1.165, 1.54) is 6.42 Å². The first kappa shape index (κ1) is 14.3. The van der Waals surface area contributed by atoms with E-state index in [0.717, 1.165) is 32.5 Å². The number of likely N-dealkylation sites (tertiary alicyclic amines) is 1. The number of aliphatic hydroxyl groups excluding tert-OH is 1. The van der Waals surface area contributed by atoms with Gasteiger partial charge >= 0.3 is 0 Å². The second kappa shape index (κ2) is 5.48. The second-order valence-corrected chi connectivity index (χ2v) is 7.03. The van der Waals surface area contributed by atoms with Crippen molar-refractivity contribution in [3.8, 4) is 0 Å². The van der Waals surface area contributed by atoms with Crippen molar-refractivity contribution in [2.75, 3.05) is 26.7 Å². The molecular formula is C15H29NO2. The SMILES string of the molecule is COC1CN(CC2CCC(C)(C)C2O)CCC1C. The highest BCUT2D eigenvalue weighted by molar-refractivity contribution is 4.93. The molecule has 1 heterocycles. The van der Waals surface area contributed by atoms with Crippen LogP contribution >= 0.6 is 0 Å². The third-order valence-electron chi connectivity index (χ3n) is 5.18. The molecule has 4 unspecified atom stereocenters. The lowest BCUT2D eigenvalue weighted by atomic mass is 9.87. The predicted molar refractivity (Wildman–Crippen MR) is 73.5 cm³/mol. The Balaban J connectivity index is 1.87. The van der Waals surface area contributed by atoms with Gasteiger partial charge in [0.05, 0.1) is 12.2 Å². The average Bonchev–Trinajstić information content (AvgIpc) is 2.59. The van der Waals surface area contributed by atoms with Gasteiger partial charge in [0.25, 0.3) is 0 Å². The zero-order valence-electron chi connectivity index (χ0n) is 12.4. The fourth-order valence-electron chi connectivity index (χ4n) is 3.59. The molecule has 1 aliphatic heterocycles. The summed E-state index contributed by atoms with van der Waals surface area (Å²) in [5.74, 6) is 1.11. The molecule has 1 saturated heterocycles. The monoisotopic (exact) mass is 255 g/mol. The normalized spacial score (nSPS) is 41.2. The molecule has 0 aromatic carbocycles. The number of rotatable bonds is 3. The minimum absolute atomic E-state index is 0.106. The van der Waals surface area contributed by atoms with Gasteiger partial charge in [-0.25, -0.2) is 0 Å². The van der Waals surface area contributed by atoms with Crippen LogP contribution in [0.5, 0.6) is 0 Å². The maximum Gasteiger partial charge on any atom is 0.0724 e. The summed E-state index contributed by atoms with van der Waals surface area (Å²) in [7, 11) is 1.82. The van der Waals surface area contributed by atoms with Crippen molar-refractivity contribution in [2.45, 2.75) is 52.2 Å².